The third kappa shape index (κ3) is 4.02. The lowest BCUT2D eigenvalue weighted by atomic mass is 9.85. The Kier molecular flexibility index (Phi) is 5.59. The van der Waals surface area contributed by atoms with Crippen LogP contribution < -0.4 is 10.2 Å². The molecule has 2 heterocycles. The molecule has 2 aliphatic rings. The molecule has 4 rings (SSSR count). The smallest absolute Gasteiger partial charge is 0.317 e. The van der Waals surface area contributed by atoms with Crippen molar-refractivity contribution in [2.75, 3.05) is 49.6 Å². The first-order valence-corrected chi connectivity index (χ1v) is 9.96. The predicted molar refractivity (Wildman–Crippen MR) is 108 cm³/mol. The van der Waals surface area contributed by atoms with E-state index in [-0.39, 0.29) is 12.6 Å². The largest absolute Gasteiger partial charge is 0.480 e. The van der Waals surface area contributed by atoms with Crippen LogP contribution in [0.3, 0.4) is 0 Å². The van der Waals surface area contributed by atoms with Crippen LogP contribution in [0.1, 0.15) is 19.8 Å². The zero-order chi connectivity index (χ0) is 19.5. The minimum Gasteiger partial charge on any atom is -0.480 e. The second-order valence-electron chi connectivity index (χ2n) is 7.41. The number of rotatable bonds is 7. The normalized spacial score (nSPS) is 22.3. The number of fused-ring (bicyclic) bond motifs is 1. The average Bonchev–Trinajstić information content (AvgIpc) is 2.68. The summed E-state index contributed by atoms with van der Waals surface area (Å²) in [7, 11) is 0. The van der Waals surface area contributed by atoms with Crippen molar-refractivity contribution in [2.24, 2.45) is 0 Å². The molecule has 1 aromatic carbocycles. The van der Waals surface area contributed by atoms with E-state index in [4.69, 9.17) is 19.8 Å². The first kappa shape index (κ1) is 18.9. The SMILES string of the molecule is CCN(CC(=O)O)C1CC(Nc2nc3ccccc3nc2N2CCOCC2)C1. The standard InChI is InChI=1S/C20H27N5O3/c1-2-24(13-18(26)27)15-11-14(12-15)21-19-20(25-7-9-28-10-8-25)23-17-6-4-3-5-16(17)22-19/h3-6,14-15H,2,7-13H2,1H3,(H,21,22)(H,26,27). The van der Waals surface area contributed by atoms with Gasteiger partial charge >= 0.3 is 5.97 Å². The molecule has 1 saturated heterocycles. The number of carbonyl (C=O) groups is 1. The van der Waals surface area contributed by atoms with E-state index in [1.165, 1.54) is 0 Å². The number of anilines is 2. The summed E-state index contributed by atoms with van der Waals surface area (Å²) < 4.78 is 5.48. The van der Waals surface area contributed by atoms with Crippen LogP contribution in [-0.4, -0.2) is 77.4 Å². The Morgan fingerprint density at radius 2 is 1.93 bits per heavy atom. The van der Waals surface area contributed by atoms with Crippen LogP contribution in [0.5, 0.6) is 0 Å². The fraction of sp³-hybridized carbons (Fsp3) is 0.550. The van der Waals surface area contributed by atoms with E-state index in [9.17, 15) is 4.79 Å². The van der Waals surface area contributed by atoms with Gasteiger partial charge in [-0.05, 0) is 31.5 Å². The van der Waals surface area contributed by atoms with E-state index >= 15 is 0 Å². The number of hydrogen-bond donors (Lipinski definition) is 2. The van der Waals surface area contributed by atoms with Crippen LogP contribution in [0, 0.1) is 0 Å². The Bertz CT molecular complexity index is 834. The molecule has 2 aromatic rings. The number of carboxylic acid groups (broad SMARTS) is 1. The van der Waals surface area contributed by atoms with Crippen molar-refractivity contribution in [1.29, 1.82) is 0 Å². The van der Waals surface area contributed by atoms with Gasteiger partial charge in [0.15, 0.2) is 11.6 Å². The van der Waals surface area contributed by atoms with Gasteiger partial charge in [-0.3, -0.25) is 9.69 Å². The number of carboxylic acids is 1. The number of aromatic nitrogens is 2. The Morgan fingerprint density at radius 3 is 2.57 bits per heavy atom. The molecule has 1 saturated carbocycles. The van der Waals surface area contributed by atoms with E-state index in [2.05, 4.69) is 10.2 Å². The lowest BCUT2D eigenvalue weighted by Gasteiger charge is -2.42. The third-order valence-corrected chi connectivity index (χ3v) is 5.58. The molecule has 2 N–H and O–H groups in total. The van der Waals surface area contributed by atoms with Gasteiger partial charge in [0.1, 0.15) is 0 Å². The Balaban J connectivity index is 1.51. The molecule has 1 aromatic heterocycles. The summed E-state index contributed by atoms with van der Waals surface area (Å²) in [5.41, 5.74) is 1.76. The second kappa shape index (κ2) is 8.28. The lowest BCUT2D eigenvalue weighted by Crippen LogP contribution is -2.51. The Hall–Kier alpha value is -2.45. The summed E-state index contributed by atoms with van der Waals surface area (Å²) in [5.74, 6) is 0.918. The minimum absolute atomic E-state index is 0.0999. The molecule has 0 bridgehead atoms. The quantitative estimate of drug-likeness (QED) is 0.746. The first-order valence-electron chi connectivity index (χ1n) is 9.96. The molecule has 0 unspecified atom stereocenters. The highest BCUT2D eigenvalue weighted by atomic mass is 16.5. The number of nitrogens with zero attached hydrogens (tertiary/aromatic N) is 4. The van der Waals surface area contributed by atoms with Crippen LogP contribution in [-0.2, 0) is 9.53 Å². The van der Waals surface area contributed by atoms with Crippen molar-refractivity contribution in [3.63, 3.8) is 0 Å². The highest BCUT2D eigenvalue weighted by Crippen LogP contribution is 2.32. The van der Waals surface area contributed by atoms with Gasteiger partial charge in [-0.2, -0.15) is 0 Å². The van der Waals surface area contributed by atoms with Gasteiger partial charge in [-0.1, -0.05) is 19.1 Å². The monoisotopic (exact) mass is 385 g/mol. The number of benzene rings is 1. The zero-order valence-corrected chi connectivity index (χ0v) is 16.2. The van der Waals surface area contributed by atoms with Crippen molar-refractivity contribution in [1.82, 2.24) is 14.9 Å². The third-order valence-electron chi connectivity index (χ3n) is 5.58. The molecule has 0 radical (unpaired) electrons. The lowest BCUT2D eigenvalue weighted by molar-refractivity contribution is -0.139. The van der Waals surface area contributed by atoms with Crippen LogP contribution in [0.25, 0.3) is 11.0 Å². The van der Waals surface area contributed by atoms with Gasteiger partial charge < -0.3 is 20.1 Å². The molecule has 8 heteroatoms. The summed E-state index contributed by atoms with van der Waals surface area (Å²) in [4.78, 5) is 25.0. The van der Waals surface area contributed by atoms with Gasteiger partial charge in [0, 0.05) is 25.2 Å². The summed E-state index contributed by atoms with van der Waals surface area (Å²) in [6.07, 6.45) is 1.83. The molecular weight excluding hydrogens is 358 g/mol. The van der Waals surface area contributed by atoms with Gasteiger partial charge in [0.25, 0.3) is 0 Å². The summed E-state index contributed by atoms with van der Waals surface area (Å²) in [6.45, 7) is 5.85. The maximum atomic E-state index is 11.0. The summed E-state index contributed by atoms with van der Waals surface area (Å²) in [5, 5.41) is 12.6. The Labute approximate surface area is 164 Å². The van der Waals surface area contributed by atoms with Crippen molar-refractivity contribution in [3.05, 3.63) is 24.3 Å². The zero-order valence-electron chi connectivity index (χ0n) is 16.2. The minimum atomic E-state index is -0.770. The Morgan fingerprint density at radius 1 is 1.25 bits per heavy atom. The number of ether oxygens (including phenoxy) is 1. The number of morpholine rings is 1. The van der Waals surface area contributed by atoms with Crippen molar-refractivity contribution >= 4 is 28.6 Å². The van der Waals surface area contributed by atoms with E-state index in [1.807, 2.05) is 36.1 Å². The van der Waals surface area contributed by atoms with Gasteiger partial charge in [0.2, 0.25) is 0 Å². The maximum Gasteiger partial charge on any atom is 0.317 e. The average molecular weight is 385 g/mol. The molecular formula is C20H27N5O3. The molecule has 28 heavy (non-hydrogen) atoms. The fourth-order valence-electron chi connectivity index (χ4n) is 3.95. The van der Waals surface area contributed by atoms with Crippen molar-refractivity contribution < 1.29 is 14.6 Å². The summed E-state index contributed by atoms with van der Waals surface area (Å²) in [6, 6.07) is 8.50. The van der Waals surface area contributed by atoms with Gasteiger partial charge in [-0.25, -0.2) is 9.97 Å². The molecule has 0 atom stereocenters. The van der Waals surface area contributed by atoms with E-state index in [0.717, 1.165) is 55.1 Å². The van der Waals surface area contributed by atoms with E-state index in [0.29, 0.717) is 19.3 Å². The number of aliphatic carboxylic acids is 1. The molecule has 150 valence electrons. The first-order chi connectivity index (χ1) is 13.6. The maximum absolute atomic E-state index is 11.0. The predicted octanol–water partition coefficient (Wildman–Crippen LogP) is 1.82. The fourth-order valence-corrected chi connectivity index (χ4v) is 3.95. The highest BCUT2D eigenvalue weighted by molar-refractivity contribution is 5.80. The van der Waals surface area contributed by atoms with Crippen molar-refractivity contribution in [3.8, 4) is 0 Å². The highest BCUT2D eigenvalue weighted by Gasteiger charge is 2.35. The van der Waals surface area contributed by atoms with E-state index < -0.39 is 5.97 Å². The van der Waals surface area contributed by atoms with Crippen LogP contribution in [0.15, 0.2) is 24.3 Å². The van der Waals surface area contributed by atoms with Gasteiger partial charge in [0.05, 0.1) is 30.8 Å². The molecule has 8 nitrogen and oxygen atoms in total. The number of para-hydroxylation sites is 2. The second-order valence-corrected chi connectivity index (χ2v) is 7.41. The summed E-state index contributed by atoms with van der Waals surface area (Å²) >= 11 is 0. The van der Waals surface area contributed by atoms with Crippen molar-refractivity contribution in [2.45, 2.75) is 31.8 Å². The van der Waals surface area contributed by atoms with Gasteiger partial charge in [-0.15, -0.1) is 0 Å². The van der Waals surface area contributed by atoms with Crippen LogP contribution >= 0.6 is 0 Å². The number of likely N-dealkylation sites (N-methyl/N-ethyl adjacent to an activating group) is 1. The van der Waals surface area contributed by atoms with E-state index in [1.54, 1.807) is 0 Å². The molecule has 1 aliphatic carbocycles. The number of hydrogen-bond acceptors (Lipinski definition) is 7. The molecule has 2 fully saturated rings. The topological polar surface area (TPSA) is 90.8 Å². The van der Waals surface area contributed by atoms with Crippen LogP contribution in [0.4, 0.5) is 11.6 Å². The molecule has 0 spiro atoms. The molecule has 0 amide bonds. The van der Waals surface area contributed by atoms with Crippen LogP contribution in [0.2, 0.25) is 0 Å². The number of nitrogens with one attached hydrogen (secondary N) is 1. The molecule has 1 aliphatic heterocycles.